The Morgan fingerprint density at radius 2 is 2.32 bits per heavy atom. The van der Waals surface area contributed by atoms with Gasteiger partial charge in [-0.25, -0.2) is 4.79 Å². The maximum absolute atomic E-state index is 11.7. The fourth-order valence-corrected chi connectivity index (χ4v) is 1.67. The third kappa shape index (κ3) is 4.80. The Labute approximate surface area is 118 Å². The first kappa shape index (κ1) is 15.3. The lowest BCUT2D eigenvalue weighted by Gasteiger charge is -2.14. The van der Waals surface area contributed by atoms with Gasteiger partial charge in [0.05, 0.1) is 17.2 Å². The molecule has 0 fully saturated rings. The molecular formula is C14H17ClN2O2. The molecule has 1 aromatic carbocycles. The Kier molecular flexibility index (Phi) is 6.17. The summed E-state index contributed by atoms with van der Waals surface area (Å²) in [4.78, 5) is 11.7. The number of nitrogens with zero attached hydrogens (tertiary/aromatic N) is 1. The molecule has 1 aromatic rings. The first-order chi connectivity index (χ1) is 9.08. The van der Waals surface area contributed by atoms with E-state index in [-0.39, 0.29) is 5.97 Å². The van der Waals surface area contributed by atoms with Crippen LogP contribution in [-0.4, -0.2) is 18.6 Å². The van der Waals surface area contributed by atoms with Crippen molar-refractivity contribution in [1.82, 2.24) is 0 Å². The number of carbonyl (C=O) groups excluding carboxylic acids is 1. The van der Waals surface area contributed by atoms with Gasteiger partial charge in [-0.15, -0.1) is 0 Å². The zero-order valence-electron chi connectivity index (χ0n) is 11.1. The molecule has 5 heteroatoms. The minimum absolute atomic E-state index is 0.297. The molecule has 1 unspecified atom stereocenters. The van der Waals surface area contributed by atoms with Crippen LogP contribution in [0, 0.1) is 11.3 Å². The molecule has 0 aromatic heterocycles. The van der Waals surface area contributed by atoms with E-state index in [0.717, 1.165) is 12.8 Å². The minimum atomic E-state index is -0.458. The number of nitriles is 1. The van der Waals surface area contributed by atoms with Crippen LogP contribution in [0.5, 0.6) is 0 Å². The highest BCUT2D eigenvalue weighted by atomic mass is 35.5. The number of hydrogen-bond acceptors (Lipinski definition) is 4. The lowest BCUT2D eigenvalue weighted by atomic mass is 10.2. The first-order valence-electron chi connectivity index (χ1n) is 6.21. The molecule has 0 aliphatic heterocycles. The molecule has 0 aliphatic rings. The zero-order valence-corrected chi connectivity index (χ0v) is 11.8. The Balaban J connectivity index is 2.57. The van der Waals surface area contributed by atoms with E-state index >= 15 is 0 Å². The summed E-state index contributed by atoms with van der Waals surface area (Å²) in [6.45, 7) is 4.20. The molecule has 0 heterocycles. The third-order valence-electron chi connectivity index (χ3n) is 2.57. The molecule has 0 aliphatic carbocycles. The van der Waals surface area contributed by atoms with Crippen molar-refractivity contribution in [3.63, 3.8) is 0 Å². The average molecular weight is 281 g/mol. The second-order valence-electron chi connectivity index (χ2n) is 4.19. The summed E-state index contributed by atoms with van der Waals surface area (Å²) in [6, 6.07) is 6.46. The van der Waals surface area contributed by atoms with Gasteiger partial charge < -0.3 is 10.1 Å². The molecule has 0 saturated carbocycles. The number of carbonyl (C=O) groups is 1. The van der Waals surface area contributed by atoms with Gasteiger partial charge in [-0.1, -0.05) is 24.9 Å². The SMILES string of the molecule is CCCCOC(=O)C(C)Nc1ccc(C#N)c(Cl)c1. The molecule has 102 valence electrons. The van der Waals surface area contributed by atoms with Crippen molar-refractivity contribution in [2.24, 2.45) is 0 Å². The molecule has 1 rings (SSSR count). The van der Waals surface area contributed by atoms with Crippen LogP contribution in [0.4, 0.5) is 5.69 Å². The maximum Gasteiger partial charge on any atom is 0.328 e. The van der Waals surface area contributed by atoms with Gasteiger partial charge in [0, 0.05) is 5.69 Å². The molecule has 4 nitrogen and oxygen atoms in total. The molecule has 1 N–H and O–H groups in total. The smallest absolute Gasteiger partial charge is 0.328 e. The van der Waals surface area contributed by atoms with Crippen molar-refractivity contribution in [2.45, 2.75) is 32.7 Å². The Morgan fingerprint density at radius 1 is 1.58 bits per heavy atom. The van der Waals surface area contributed by atoms with E-state index in [4.69, 9.17) is 21.6 Å². The number of benzene rings is 1. The van der Waals surface area contributed by atoms with Gasteiger partial charge in [0.2, 0.25) is 0 Å². The zero-order chi connectivity index (χ0) is 14.3. The van der Waals surface area contributed by atoms with E-state index in [1.807, 2.05) is 13.0 Å². The van der Waals surface area contributed by atoms with Gasteiger partial charge >= 0.3 is 5.97 Å². The number of anilines is 1. The van der Waals surface area contributed by atoms with Crippen LogP contribution in [0.15, 0.2) is 18.2 Å². The molecule has 0 saturated heterocycles. The summed E-state index contributed by atoms with van der Waals surface area (Å²) >= 11 is 5.92. The van der Waals surface area contributed by atoms with Crippen molar-refractivity contribution in [2.75, 3.05) is 11.9 Å². The Bertz CT molecular complexity index is 483. The number of unbranched alkanes of at least 4 members (excludes halogenated alkanes) is 1. The van der Waals surface area contributed by atoms with E-state index in [1.165, 1.54) is 0 Å². The minimum Gasteiger partial charge on any atom is -0.464 e. The predicted molar refractivity (Wildman–Crippen MR) is 75.1 cm³/mol. The standard InChI is InChI=1S/C14H17ClN2O2/c1-3-4-7-19-14(18)10(2)17-12-6-5-11(9-16)13(15)8-12/h5-6,8,10,17H,3-4,7H2,1-2H3. The van der Waals surface area contributed by atoms with Crippen molar-refractivity contribution >= 4 is 23.3 Å². The van der Waals surface area contributed by atoms with E-state index < -0.39 is 6.04 Å². The van der Waals surface area contributed by atoms with E-state index in [9.17, 15) is 4.79 Å². The van der Waals surface area contributed by atoms with Crippen LogP contribution in [-0.2, 0) is 9.53 Å². The van der Waals surface area contributed by atoms with Crippen molar-refractivity contribution in [3.8, 4) is 6.07 Å². The summed E-state index contributed by atoms with van der Waals surface area (Å²) < 4.78 is 5.10. The Morgan fingerprint density at radius 3 is 2.89 bits per heavy atom. The predicted octanol–water partition coefficient (Wildman–Crippen LogP) is 3.36. The summed E-state index contributed by atoms with van der Waals surface area (Å²) in [6.07, 6.45) is 1.85. The van der Waals surface area contributed by atoms with Crippen LogP contribution in [0.2, 0.25) is 5.02 Å². The third-order valence-corrected chi connectivity index (χ3v) is 2.88. The lowest BCUT2D eigenvalue weighted by Crippen LogP contribution is -2.28. The largest absolute Gasteiger partial charge is 0.464 e. The number of rotatable bonds is 6. The normalized spacial score (nSPS) is 11.5. The number of ether oxygens (including phenoxy) is 1. The maximum atomic E-state index is 11.7. The van der Waals surface area contributed by atoms with Crippen LogP contribution < -0.4 is 5.32 Å². The molecule has 1 atom stereocenters. The van der Waals surface area contributed by atoms with Gasteiger partial charge in [-0.2, -0.15) is 5.26 Å². The number of esters is 1. The highest BCUT2D eigenvalue weighted by Gasteiger charge is 2.14. The van der Waals surface area contributed by atoms with Gasteiger partial charge in [0.25, 0.3) is 0 Å². The fourth-order valence-electron chi connectivity index (χ4n) is 1.45. The Hall–Kier alpha value is -1.73. The summed E-state index contributed by atoms with van der Waals surface area (Å²) in [5.41, 5.74) is 1.09. The highest BCUT2D eigenvalue weighted by molar-refractivity contribution is 6.32. The van der Waals surface area contributed by atoms with Gasteiger partial charge in [0.1, 0.15) is 12.1 Å². The van der Waals surface area contributed by atoms with Crippen molar-refractivity contribution < 1.29 is 9.53 Å². The average Bonchev–Trinajstić information content (AvgIpc) is 2.39. The van der Waals surface area contributed by atoms with Gasteiger partial charge in [-0.05, 0) is 31.5 Å². The van der Waals surface area contributed by atoms with Gasteiger partial charge in [-0.3, -0.25) is 0 Å². The number of halogens is 1. The summed E-state index contributed by atoms with van der Waals surface area (Å²) in [5.74, 6) is -0.297. The van der Waals surface area contributed by atoms with Crippen molar-refractivity contribution in [3.05, 3.63) is 28.8 Å². The van der Waals surface area contributed by atoms with Gasteiger partial charge in [0.15, 0.2) is 0 Å². The van der Waals surface area contributed by atoms with Crippen molar-refractivity contribution in [1.29, 1.82) is 5.26 Å². The molecule has 0 radical (unpaired) electrons. The van der Waals surface area contributed by atoms with E-state index in [2.05, 4.69) is 5.32 Å². The molecule has 0 bridgehead atoms. The molecule has 19 heavy (non-hydrogen) atoms. The number of hydrogen-bond donors (Lipinski definition) is 1. The van der Waals surface area contributed by atoms with E-state index in [0.29, 0.717) is 22.9 Å². The van der Waals surface area contributed by atoms with Crippen LogP contribution in [0.1, 0.15) is 32.3 Å². The molecular weight excluding hydrogens is 264 g/mol. The van der Waals surface area contributed by atoms with Crippen LogP contribution in [0.3, 0.4) is 0 Å². The van der Waals surface area contributed by atoms with Crippen LogP contribution >= 0.6 is 11.6 Å². The first-order valence-corrected chi connectivity index (χ1v) is 6.59. The number of nitrogens with one attached hydrogen (secondary N) is 1. The highest BCUT2D eigenvalue weighted by Crippen LogP contribution is 2.20. The van der Waals surface area contributed by atoms with E-state index in [1.54, 1.807) is 25.1 Å². The molecule has 0 spiro atoms. The second kappa shape index (κ2) is 7.65. The fraction of sp³-hybridized carbons (Fsp3) is 0.429. The lowest BCUT2D eigenvalue weighted by molar-refractivity contribution is -0.144. The topological polar surface area (TPSA) is 62.1 Å². The molecule has 0 amide bonds. The summed E-state index contributed by atoms with van der Waals surface area (Å²) in [7, 11) is 0. The summed E-state index contributed by atoms with van der Waals surface area (Å²) in [5, 5.41) is 12.1. The van der Waals surface area contributed by atoms with Crippen LogP contribution in [0.25, 0.3) is 0 Å². The second-order valence-corrected chi connectivity index (χ2v) is 4.60. The monoisotopic (exact) mass is 280 g/mol. The quantitative estimate of drug-likeness (QED) is 0.641.